The van der Waals surface area contributed by atoms with Crippen molar-refractivity contribution in [3.8, 4) is 22.4 Å². The number of halogens is 2. The first-order chi connectivity index (χ1) is 13.8. The molecule has 0 aliphatic carbocycles. The molecule has 0 saturated carbocycles. The molecule has 3 aromatic heterocycles. The summed E-state index contributed by atoms with van der Waals surface area (Å²) in [7, 11) is 0. The molecule has 0 N–H and O–H groups in total. The van der Waals surface area contributed by atoms with E-state index in [1.54, 1.807) is 18.5 Å². The van der Waals surface area contributed by atoms with Gasteiger partial charge >= 0.3 is 0 Å². The molecule has 4 rings (SSSR count). The van der Waals surface area contributed by atoms with Crippen molar-refractivity contribution in [2.75, 3.05) is 0 Å². The van der Waals surface area contributed by atoms with Gasteiger partial charge in [-0.1, -0.05) is 45.0 Å². The van der Waals surface area contributed by atoms with E-state index in [4.69, 9.17) is 0 Å². The van der Waals surface area contributed by atoms with Crippen molar-refractivity contribution in [2.24, 2.45) is 5.41 Å². The van der Waals surface area contributed by atoms with Gasteiger partial charge in [-0.15, -0.1) is 0 Å². The third kappa shape index (κ3) is 4.16. The van der Waals surface area contributed by atoms with Crippen molar-refractivity contribution < 1.29 is 8.78 Å². The lowest BCUT2D eigenvalue weighted by atomic mass is 9.97. The minimum Gasteiger partial charge on any atom is -0.272 e. The molecule has 0 aliphatic rings. The van der Waals surface area contributed by atoms with E-state index in [0.717, 1.165) is 34.1 Å². The maximum absolute atomic E-state index is 13.3. The fourth-order valence-corrected chi connectivity index (χ4v) is 3.34. The quantitative estimate of drug-likeness (QED) is 0.419. The predicted molar refractivity (Wildman–Crippen MR) is 111 cm³/mol. The molecule has 0 atom stereocenters. The first-order valence-electron chi connectivity index (χ1n) is 9.47. The number of fused-ring (bicyclic) bond motifs is 1. The molecule has 0 fully saturated rings. The van der Waals surface area contributed by atoms with Crippen LogP contribution in [-0.2, 0) is 6.54 Å². The highest BCUT2D eigenvalue weighted by Gasteiger charge is 2.18. The number of benzene rings is 1. The summed E-state index contributed by atoms with van der Waals surface area (Å²) in [5.41, 5.74) is 3.50. The van der Waals surface area contributed by atoms with Gasteiger partial charge in [0.15, 0.2) is 0 Å². The molecule has 148 valence electrons. The van der Waals surface area contributed by atoms with Gasteiger partial charge in [-0.25, -0.2) is 13.8 Å². The lowest BCUT2D eigenvalue weighted by molar-refractivity contribution is 0.146. The van der Waals surface area contributed by atoms with Crippen molar-refractivity contribution in [2.45, 2.75) is 33.7 Å². The van der Waals surface area contributed by atoms with Gasteiger partial charge in [-0.2, -0.15) is 5.10 Å². The molecular weight excluding hydrogens is 370 g/mol. The molecule has 6 heteroatoms. The Kier molecular flexibility index (Phi) is 4.86. The Morgan fingerprint density at radius 2 is 1.86 bits per heavy atom. The van der Waals surface area contributed by atoms with E-state index >= 15 is 0 Å². The minimum atomic E-state index is -2.63. The van der Waals surface area contributed by atoms with Crippen LogP contribution < -0.4 is 0 Å². The largest absolute Gasteiger partial charge is 0.280 e. The molecule has 0 unspecified atom stereocenters. The second-order valence-corrected chi connectivity index (χ2v) is 8.33. The van der Waals surface area contributed by atoms with Crippen LogP contribution in [0.3, 0.4) is 0 Å². The van der Waals surface area contributed by atoms with Crippen molar-refractivity contribution in [3.05, 3.63) is 66.7 Å². The van der Waals surface area contributed by atoms with E-state index in [9.17, 15) is 8.78 Å². The molecule has 0 aliphatic heterocycles. The summed E-state index contributed by atoms with van der Waals surface area (Å²) in [5, 5.41) is 5.44. The molecule has 1 aromatic carbocycles. The summed E-state index contributed by atoms with van der Waals surface area (Å²) < 4.78 is 28.6. The van der Waals surface area contributed by atoms with Crippen LogP contribution in [0.2, 0.25) is 0 Å². The van der Waals surface area contributed by atoms with Crippen molar-refractivity contribution in [1.29, 1.82) is 0 Å². The Balaban J connectivity index is 1.84. The molecule has 0 saturated heterocycles. The molecule has 3 heterocycles. The number of hydrogen-bond donors (Lipinski definition) is 0. The zero-order chi connectivity index (χ0) is 20.6. The average Bonchev–Trinajstić information content (AvgIpc) is 3.13. The first kappa shape index (κ1) is 19.2. The fourth-order valence-electron chi connectivity index (χ4n) is 3.34. The average molecular weight is 392 g/mol. The topological polar surface area (TPSA) is 43.6 Å². The van der Waals surface area contributed by atoms with Gasteiger partial charge in [0, 0.05) is 41.0 Å². The standard InChI is InChI=1S/C23H22F2N4/c1-23(2,3)14-29-13-17(12-27-29)18-8-9-19(22(24)25)28-21(18)16-7-6-15-5-4-10-26-20(15)11-16/h4-13,22H,14H2,1-3H3. The van der Waals surface area contributed by atoms with Gasteiger partial charge in [0.1, 0.15) is 5.69 Å². The smallest absolute Gasteiger partial charge is 0.272 e. The molecule has 29 heavy (non-hydrogen) atoms. The Bertz CT molecular complexity index is 1160. The third-order valence-electron chi connectivity index (χ3n) is 4.60. The maximum Gasteiger partial charge on any atom is 0.280 e. The van der Waals surface area contributed by atoms with E-state index in [0.29, 0.717) is 5.69 Å². The van der Waals surface area contributed by atoms with E-state index < -0.39 is 6.43 Å². The zero-order valence-corrected chi connectivity index (χ0v) is 16.6. The number of hydrogen-bond acceptors (Lipinski definition) is 3. The summed E-state index contributed by atoms with van der Waals surface area (Å²) in [6.45, 7) is 7.17. The fraction of sp³-hybridized carbons (Fsp3) is 0.261. The number of rotatable bonds is 4. The van der Waals surface area contributed by atoms with Gasteiger partial charge in [0.2, 0.25) is 0 Å². The van der Waals surface area contributed by atoms with E-state index in [2.05, 4.69) is 35.8 Å². The van der Waals surface area contributed by atoms with Gasteiger partial charge in [-0.05, 0) is 23.6 Å². The highest BCUT2D eigenvalue weighted by Crippen LogP contribution is 2.34. The summed E-state index contributed by atoms with van der Waals surface area (Å²) in [5.74, 6) is 0. The van der Waals surface area contributed by atoms with E-state index in [1.807, 2.05) is 41.2 Å². The third-order valence-corrected chi connectivity index (χ3v) is 4.60. The van der Waals surface area contributed by atoms with Crippen LogP contribution in [0.1, 0.15) is 32.9 Å². The molecule has 4 nitrogen and oxygen atoms in total. The second kappa shape index (κ2) is 7.35. The number of aromatic nitrogens is 4. The monoisotopic (exact) mass is 392 g/mol. The van der Waals surface area contributed by atoms with E-state index in [1.165, 1.54) is 6.07 Å². The molecular formula is C23H22F2N4. The molecule has 0 bridgehead atoms. The lowest BCUT2D eigenvalue weighted by Crippen LogP contribution is -2.15. The van der Waals surface area contributed by atoms with Crippen molar-refractivity contribution >= 4 is 10.9 Å². The van der Waals surface area contributed by atoms with Crippen LogP contribution in [-0.4, -0.2) is 19.7 Å². The van der Waals surface area contributed by atoms with Crippen LogP contribution in [0.25, 0.3) is 33.3 Å². The lowest BCUT2D eigenvalue weighted by Gasteiger charge is -2.17. The Labute approximate surface area is 168 Å². The first-order valence-corrected chi connectivity index (χ1v) is 9.47. The van der Waals surface area contributed by atoms with Gasteiger partial charge in [0.05, 0.1) is 17.4 Å². The highest BCUT2D eigenvalue weighted by atomic mass is 19.3. The van der Waals surface area contributed by atoms with Crippen molar-refractivity contribution in [1.82, 2.24) is 19.7 Å². The summed E-state index contributed by atoms with van der Waals surface area (Å²) >= 11 is 0. The highest BCUT2D eigenvalue weighted by molar-refractivity contribution is 5.87. The van der Waals surface area contributed by atoms with E-state index in [-0.39, 0.29) is 11.1 Å². The maximum atomic E-state index is 13.3. The van der Waals surface area contributed by atoms with Gasteiger partial charge in [-0.3, -0.25) is 9.67 Å². The Hall–Kier alpha value is -3.15. The zero-order valence-electron chi connectivity index (χ0n) is 16.6. The number of alkyl halides is 2. The van der Waals surface area contributed by atoms with Crippen molar-refractivity contribution in [3.63, 3.8) is 0 Å². The minimum absolute atomic E-state index is 0.0773. The molecule has 0 radical (unpaired) electrons. The summed E-state index contributed by atoms with van der Waals surface area (Å²) in [6.07, 6.45) is 2.78. The van der Waals surface area contributed by atoms with Crippen LogP contribution >= 0.6 is 0 Å². The Morgan fingerprint density at radius 1 is 1.03 bits per heavy atom. The summed E-state index contributed by atoms with van der Waals surface area (Å²) in [6, 6.07) is 12.6. The molecule has 0 spiro atoms. The predicted octanol–water partition coefficient (Wildman–Crippen LogP) is 6.14. The van der Waals surface area contributed by atoms with Crippen LogP contribution in [0, 0.1) is 5.41 Å². The van der Waals surface area contributed by atoms with Gasteiger partial charge in [0.25, 0.3) is 6.43 Å². The number of nitrogens with zero attached hydrogens (tertiary/aromatic N) is 4. The van der Waals surface area contributed by atoms with Gasteiger partial charge < -0.3 is 0 Å². The van der Waals surface area contributed by atoms with Crippen LogP contribution in [0.15, 0.2) is 61.1 Å². The van der Waals surface area contributed by atoms with Crippen LogP contribution in [0.4, 0.5) is 8.78 Å². The summed E-state index contributed by atoms with van der Waals surface area (Å²) in [4.78, 5) is 8.67. The van der Waals surface area contributed by atoms with Crippen LogP contribution in [0.5, 0.6) is 0 Å². The number of pyridine rings is 2. The Morgan fingerprint density at radius 3 is 2.62 bits per heavy atom. The SMILES string of the molecule is CC(C)(C)Cn1cc(-c2ccc(C(F)F)nc2-c2ccc3cccnc3c2)cn1. The molecule has 4 aromatic rings. The second-order valence-electron chi connectivity index (χ2n) is 8.33. The molecule has 0 amide bonds. The normalized spacial score (nSPS) is 12.1.